The van der Waals surface area contributed by atoms with Crippen LogP contribution in [0.2, 0.25) is 0 Å². The molecule has 0 radical (unpaired) electrons. The molecule has 0 bridgehead atoms. The van der Waals surface area contributed by atoms with Gasteiger partial charge in [0.05, 0.1) is 0 Å². The minimum absolute atomic E-state index is 0.1000. The standard InChI is InChI=1S/C14H20ClF/c1-10-5-7-12(16)9-11(10)6-8-13(15)14(2,3)4/h5,7,9,13H,6,8H2,1-4H3. The summed E-state index contributed by atoms with van der Waals surface area (Å²) in [5.41, 5.74) is 2.30. The van der Waals surface area contributed by atoms with E-state index in [-0.39, 0.29) is 16.6 Å². The average molecular weight is 243 g/mol. The van der Waals surface area contributed by atoms with Crippen LogP contribution >= 0.6 is 11.6 Å². The number of hydrogen-bond donors (Lipinski definition) is 0. The maximum Gasteiger partial charge on any atom is 0.123 e. The third-order valence-electron chi connectivity index (χ3n) is 2.92. The monoisotopic (exact) mass is 242 g/mol. The van der Waals surface area contributed by atoms with Gasteiger partial charge in [-0.15, -0.1) is 11.6 Å². The highest BCUT2D eigenvalue weighted by Crippen LogP contribution is 2.28. The topological polar surface area (TPSA) is 0 Å². The predicted octanol–water partition coefficient (Wildman–Crippen LogP) is 4.72. The minimum atomic E-state index is -0.164. The highest BCUT2D eigenvalue weighted by molar-refractivity contribution is 6.21. The summed E-state index contributed by atoms with van der Waals surface area (Å²) in [5, 5.41) is 0.121. The van der Waals surface area contributed by atoms with Crippen molar-refractivity contribution in [2.75, 3.05) is 0 Å². The number of rotatable bonds is 3. The second-order valence-corrected chi connectivity index (χ2v) is 5.97. The maximum absolute atomic E-state index is 13.1. The first-order valence-electron chi connectivity index (χ1n) is 5.70. The Kier molecular flexibility index (Phi) is 4.37. The van der Waals surface area contributed by atoms with Gasteiger partial charge in [0.25, 0.3) is 0 Å². The largest absolute Gasteiger partial charge is 0.207 e. The first kappa shape index (κ1) is 13.5. The van der Waals surface area contributed by atoms with Gasteiger partial charge >= 0.3 is 0 Å². The predicted molar refractivity (Wildman–Crippen MR) is 68.6 cm³/mol. The van der Waals surface area contributed by atoms with Crippen molar-refractivity contribution >= 4 is 11.6 Å². The van der Waals surface area contributed by atoms with Gasteiger partial charge in [-0.25, -0.2) is 4.39 Å². The molecule has 16 heavy (non-hydrogen) atoms. The Labute approximate surface area is 103 Å². The smallest absolute Gasteiger partial charge is 0.123 e. The van der Waals surface area contributed by atoms with Crippen LogP contribution in [-0.2, 0) is 6.42 Å². The summed E-state index contributed by atoms with van der Waals surface area (Å²) in [6.07, 6.45) is 1.73. The fourth-order valence-electron chi connectivity index (χ4n) is 1.62. The Morgan fingerprint density at radius 2 is 1.94 bits per heavy atom. The van der Waals surface area contributed by atoms with Gasteiger partial charge in [-0.05, 0) is 48.4 Å². The molecule has 0 aliphatic carbocycles. The van der Waals surface area contributed by atoms with Crippen molar-refractivity contribution in [2.45, 2.75) is 45.9 Å². The molecule has 0 saturated carbocycles. The number of alkyl halides is 1. The molecule has 1 atom stereocenters. The van der Waals surface area contributed by atoms with E-state index in [9.17, 15) is 4.39 Å². The van der Waals surface area contributed by atoms with Crippen LogP contribution in [-0.4, -0.2) is 5.38 Å². The summed E-state index contributed by atoms with van der Waals surface area (Å²) >= 11 is 6.31. The number of benzene rings is 1. The van der Waals surface area contributed by atoms with E-state index < -0.39 is 0 Å². The van der Waals surface area contributed by atoms with Gasteiger partial charge in [0, 0.05) is 5.38 Å². The molecule has 1 unspecified atom stereocenters. The second kappa shape index (κ2) is 5.18. The van der Waals surface area contributed by atoms with Crippen molar-refractivity contribution in [1.29, 1.82) is 0 Å². The van der Waals surface area contributed by atoms with Crippen LogP contribution in [0.4, 0.5) is 4.39 Å². The lowest BCUT2D eigenvalue weighted by molar-refractivity contribution is 0.374. The molecule has 1 rings (SSSR count). The molecular formula is C14H20ClF. The average Bonchev–Trinajstić information content (AvgIpc) is 2.17. The number of aryl methyl sites for hydroxylation is 2. The number of hydrogen-bond acceptors (Lipinski definition) is 0. The van der Waals surface area contributed by atoms with Crippen LogP contribution in [0, 0.1) is 18.2 Å². The summed E-state index contributed by atoms with van der Waals surface area (Å²) in [5.74, 6) is -0.164. The van der Waals surface area contributed by atoms with E-state index in [4.69, 9.17) is 11.6 Å². The fraction of sp³-hybridized carbons (Fsp3) is 0.571. The normalized spacial score (nSPS) is 13.9. The van der Waals surface area contributed by atoms with Gasteiger partial charge in [0.1, 0.15) is 5.82 Å². The quantitative estimate of drug-likeness (QED) is 0.673. The zero-order chi connectivity index (χ0) is 12.3. The van der Waals surface area contributed by atoms with Crippen molar-refractivity contribution in [1.82, 2.24) is 0 Å². The highest BCUT2D eigenvalue weighted by atomic mass is 35.5. The van der Waals surface area contributed by atoms with Gasteiger partial charge in [-0.1, -0.05) is 26.8 Å². The lowest BCUT2D eigenvalue weighted by Crippen LogP contribution is -2.21. The third kappa shape index (κ3) is 3.79. The molecule has 90 valence electrons. The Hall–Kier alpha value is -0.560. The fourth-order valence-corrected chi connectivity index (χ4v) is 1.73. The Balaban J connectivity index is 2.64. The molecule has 0 N–H and O–H groups in total. The van der Waals surface area contributed by atoms with Gasteiger partial charge in [-0.3, -0.25) is 0 Å². The van der Waals surface area contributed by atoms with E-state index in [0.717, 1.165) is 24.0 Å². The summed E-state index contributed by atoms with van der Waals surface area (Å²) in [7, 11) is 0. The third-order valence-corrected chi connectivity index (χ3v) is 3.79. The zero-order valence-corrected chi connectivity index (χ0v) is 11.2. The van der Waals surface area contributed by atoms with Crippen molar-refractivity contribution < 1.29 is 4.39 Å². The SMILES string of the molecule is Cc1ccc(F)cc1CCC(Cl)C(C)(C)C. The van der Waals surface area contributed by atoms with Gasteiger partial charge in [-0.2, -0.15) is 0 Å². The molecular weight excluding hydrogens is 223 g/mol. The molecule has 0 fully saturated rings. The lowest BCUT2D eigenvalue weighted by atomic mass is 9.88. The Bertz CT molecular complexity index is 352. The van der Waals surface area contributed by atoms with Crippen molar-refractivity contribution in [2.24, 2.45) is 5.41 Å². The van der Waals surface area contributed by atoms with Crippen LogP contribution in [0.25, 0.3) is 0 Å². The van der Waals surface area contributed by atoms with Crippen LogP contribution < -0.4 is 0 Å². The van der Waals surface area contributed by atoms with E-state index in [1.807, 2.05) is 13.0 Å². The van der Waals surface area contributed by atoms with Crippen LogP contribution in [0.15, 0.2) is 18.2 Å². The van der Waals surface area contributed by atoms with Crippen LogP contribution in [0.5, 0.6) is 0 Å². The molecule has 0 nitrogen and oxygen atoms in total. The number of halogens is 2. The van der Waals surface area contributed by atoms with E-state index >= 15 is 0 Å². The second-order valence-electron chi connectivity index (χ2n) is 5.44. The molecule has 1 aromatic carbocycles. The first-order chi connectivity index (χ1) is 7.30. The molecule has 2 heteroatoms. The maximum atomic E-state index is 13.1. The summed E-state index contributed by atoms with van der Waals surface area (Å²) in [4.78, 5) is 0. The molecule has 0 aliphatic rings. The summed E-state index contributed by atoms with van der Waals surface area (Å²) in [6, 6.07) is 4.94. The molecule has 0 saturated heterocycles. The molecule has 0 spiro atoms. The van der Waals surface area contributed by atoms with Gasteiger partial charge in [0.2, 0.25) is 0 Å². The molecule has 1 aromatic rings. The van der Waals surface area contributed by atoms with Crippen molar-refractivity contribution in [3.05, 3.63) is 35.1 Å². The summed E-state index contributed by atoms with van der Waals surface area (Å²) < 4.78 is 13.1. The van der Waals surface area contributed by atoms with E-state index in [1.165, 1.54) is 6.07 Å². The molecule has 0 heterocycles. The van der Waals surface area contributed by atoms with E-state index in [2.05, 4.69) is 20.8 Å². The van der Waals surface area contributed by atoms with E-state index in [0.29, 0.717) is 0 Å². The molecule has 0 aliphatic heterocycles. The van der Waals surface area contributed by atoms with Crippen LogP contribution in [0.1, 0.15) is 38.3 Å². The van der Waals surface area contributed by atoms with Crippen molar-refractivity contribution in [3.63, 3.8) is 0 Å². The molecule has 0 aromatic heterocycles. The van der Waals surface area contributed by atoms with E-state index in [1.54, 1.807) is 6.07 Å². The van der Waals surface area contributed by atoms with Crippen LogP contribution in [0.3, 0.4) is 0 Å². The lowest BCUT2D eigenvalue weighted by Gasteiger charge is -2.25. The zero-order valence-electron chi connectivity index (χ0n) is 10.5. The van der Waals surface area contributed by atoms with Gasteiger partial charge < -0.3 is 0 Å². The first-order valence-corrected chi connectivity index (χ1v) is 6.13. The highest BCUT2D eigenvalue weighted by Gasteiger charge is 2.21. The molecule has 0 amide bonds. The Morgan fingerprint density at radius 1 is 1.31 bits per heavy atom. The summed E-state index contributed by atoms with van der Waals surface area (Å²) in [6.45, 7) is 8.39. The Morgan fingerprint density at radius 3 is 2.50 bits per heavy atom. The van der Waals surface area contributed by atoms with Gasteiger partial charge in [0.15, 0.2) is 0 Å². The van der Waals surface area contributed by atoms with Crippen molar-refractivity contribution in [3.8, 4) is 0 Å². The minimum Gasteiger partial charge on any atom is -0.207 e.